The molecule has 3 aromatic rings. The minimum absolute atomic E-state index is 0.0135. The number of aromatic nitrogens is 1. The summed E-state index contributed by atoms with van der Waals surface area (Å²) in [5.74, 6) is 0.252. The average Bonchev–Trinajstić information content (AvgIpc) is 3.37. The van der Waals surface area contributed by atoms with Gasteiger partial charge in [-0.05, 0) is 41.2 Å². The summed E-state index contributed by atoms with van der Waals surface area (Å²) in [4.78, 5) is 19.6. The molecule has 0 bridgehead atoms. The lowest BCUT2D eigenvalue weighted by atomic mass is 9.95. The number of hydrogen-bond acceptors (Lipinski definition) is 4. The Morgan fingerprint density at radius 2 is 2.00 bits per heavy atom. The Morgan fingerprint density at radius 3 is 2.63 bits per heavy atom. The predicted molar refractivity (Wildman–Crippen MR) is 120 cm³/mol. The van der Waals surface area contributed by atoms with Crippen molar-refractivity contribution in [1.29, 1.82) is 0 Å². The van der Waals surface area contributed by atoms with Gasteiger partial charge in [-0.3, -0.25) is 4.79 Å². The van der Waals surface area contributed by atoms with Gasteiger partial charge in [-0.1, -0.05) is 45.0 Å². The first-order valence-corrected chi connectivity index (χ1v) is 11.1. The van der Waals surface area contributed by atoms with E-state index in [4.69, 9.17) is 9.47 Å². The lowest BCUT2D eigenvalue weighted by Gasteiger charge is -2.15. The first-order valence-electron chi connectivity index (χ1n) is 10.3. The molecular formula is C24H28N2O3S. The zero-order chi connectivity index (χ0) is 21.3. The summed E-state index contributed by atoms with van der Waals surface area (Å²) < 4.78 is 13.4. The van der Waals surface area contributed by atoms with Gasteiger partial charge in [0.15, 0.2) is 4.80 Å². The standard InChI is InChI=1S/C24H28N2O3S/c1-24(2,3)21-15-26(14-18-10-7-11-29-18)23(30-21)25-22(27)19-12-16-8-5-6-9-17(16)13-20(19)28-4/h5-6,8-9,12-13,15,18H,7,10-11,14H2,1-4H3/b25-23-/t18-/m1/s1. The Labute approximate surface area is 181 Å². The molecule has 1 aromatic heterocycles. The molecule has 0 spiro atoms. The average molecular weight is 425 g/mol. The Kier molecular flexibility index (Phi) is 5.80. The summed E-state index contributed by atoms with van der Waals surface area (Å²) in [5.41, 5.74) is 0.464. The number of rotatable bonds is 4. The molecule has 0 aliphatic carbocycles. The van der Waals surface area contributed by atoms with Crippen molar-refractivity contribution in [3.63, 3.8) is 0 Å². The van der Waals surface area contributed by atoms with Crippen LogP contribution in [-0.4, -0.2) is 30.3 Å². The van der Waals surface area contributed by atoms with Crippen molar-refractivity contribution in [1.82, 2.24) is 4.57 Å². The minimum atomic E-state index is -0.291. The summed E-state index contributed by atoms with van der Waals surface area (Å²) in [7, 11) is 1.58. The highest BCUT2D eigenvalue weighted by atomic mass is 32.1. The Balaban J connectivity index is 1.77. The van der Waals surface area contributed by atoms with Gasteiger partial charge in [0.2, 0.25) is 0 Å². The second-order valence-corrected chi connectivity index (χ2v) is 9.74. The van der Waals surface area contributed by atoms with Crippen LogP contribution in [0.1, 0.15) is 48.8 Å². The van der Waals surface area contributed by atoms with Crippen molar-refractivity contribution >= 4 is 28.0 Å². The molecule has 1 atom stereocenters. The van der Waals surface area contributed by atoms with Gasteiger partial charge in [-0.25, -0.2) is 0 Å². The van der Waals surface area contributed by atoms with Gasteiger partial charge >= 0.3 is 0 Å². The van der Waals surface area contributed by atoms with Crippen molar-refractivity contribution in [3.05, 3.63) is 57.8 Å². The maximum absolute atomic E-state index is 13.2. The highest BCUT2D eigenvalue weighted by Crippen LogP contribution is 2.28. The van der Waals surface area contributed by atoms with Gasteiger partial charge in [0.25, 0.3) is 5.91 Å². The highest BCUT2D eigenvalue weighted by molar-refractivity contribution is 7.09. The van der Waals surface area contributed by atoms with Crippen LogP contribution in [0.5, 0.6) is 5.75 Å². The number of carbonyl (C=O) groups is 1. The Morgan fingerprint density at radius 1 is 1.27 bits per heavy atom. The van der Waals surface area contributed by atoms with E-state index in [2.05, 4.69) is 36.5 Å². The van der Waals surface area contributed by atoms with E-state index in [0.717, 1.165) is 30.2 Å². The van der Waals surface area contributed by atoms with E-state index in [0.29, 0.717) is 22.7 Å². The fraction of sp³-hybridized carbons (Fsp3) is 0.417. The number of fused-ring (bicyclic) bond motifs is 1. The fourth-order valence-electron chi connectivity index (χ4n) is 3.65. The third kappa shape index (κ3) is 4.35. The number of thiazole rings is 1. The second-order valence-electron chi connectivity index (χ2n) is 8.73. The molecule has 6 heteroatoms. The number of methoxy groups -OCH3 is 1. The minimum Gasteiger partial charge on any atom is -0.496 e. The van der Waals surface area contributed by atoms with Crippen LogP contribution < -0.4 is 9.54 Å². The Bertz CT molecular complexity index is 1130. The van der Waals surface area contributed by atoms with Crippen LogP contribution in [0.15, 0.2) is 47.6 Å². The quantitative estimate of drug-likeness (QED) is 0.597. The Hall–Kier alpha value is -2.44. The van der Waals surface area contributed by atoms with Crippen LogP contribution in [0.25, 0.3) is 10.8 Å². The summed E-state index contributed by atoms with van der Waals surface area (Å²) in [5, 5.41) is 2.02. The molecule has 30 heavy (non-hydrogen) atoms. The lowest BCUT2D eigenvalue weighted by molar-refractivity contribution is 0.0948. The van der Waals surface area contributed by atoms with E-state index >= 15 is 0 Å². The van der Waals surface area contributed by atoms with Crippen molar-refractivity contribution in [2.75, 3.05) is 13.7 Å². The van der Waals surface area contributed by atoms with Crippen LogP contribution >= 0.6 is 11.3 Å². The van der Waals surface area contributed by atoms with E-state index in [9.17, 15) is 4.79 Å². The number of amides is 1. The van der Waals surface area contributed by atoms with Gasteiger partial charge in [-0.2, -0.15) is 4.99 Å². The maximum Gasteiger partial charge on any atom is 0.283 e. The highest BCUT2D eigenvalue weighted by Gasteiger charge is 2.22. The van der Waals surface area contributed by atoms with Crippen LogP contribution in [0, 0.1) is 0 Å². The molecule has 2 heterocycles. The number of carbonyl (C=O) groups excluding carboxylic acids is 1. The first-order chi connectivity index (χ1) is 14.3. The molecule has 158 valence electrons. The third-order valence-electron chi connectivity index (χ3n) is 5.38. The summed E-state index contributed by atoms with van der Waals surface area (Å²) in [6.45, 7) is 8.04. The molecule has 1 amide bonds. The smallest absolute Gasteiger partial charge is 0.283 e. The summed E-state index contributed by atoms with van der Waals surface area (Å²) in [6.07, 6.45) is 4.42. The molecule has 1 aliphatic rings. The monoisotopic (exact) mass is 424 g/mol. The lowest BCUT2D eigenvalue weighted by Crippen LogP contribution is -2.23. The van der Waals surface area contributed by atoms with Crippen LogP contribution in [0.4, 0.5) is 0 Å². The molecule has 0 saturated carbocycles. The molecule has 5 nitrogen and oxygen atoms in total. The predicted octanol–water partition coefficient (Wildman–Crippen LogP) is 4.93. The molecule has 4 rings (SSSR count). The summed E-state index contributed by atoms with van der Waals surface area (Å²) >= 11 is 1.57. The molecule has 0 radical (unpaired) electrons. The van der Waals surface area contributed by atoms with E-state index in [1.165, 1.54) is 4.88 Å². The van der Waals surface area contributed by atoms with E-state index in [-0.39, 0.29) is 17.4 Å². The zero-order valence-electron chi connectivity index (χ0n) is 18.0. The second kappa shape index (κ2) is 8.36. The number of ether oxygens (including phenoxy) is 2. The molecule has 1 saturated heterocycles. The molecule has 0 unspecified atom stereocenters. The number of hydrogen-bond donors (Lipinski definition) is 0. The van der Waals surface area contributed by atoms with Gasteiger partial charge < -0.3 is 14.0 Å². The van der Waals surface area contributed by atoms with Crippen LogP contribution in [0.2, 0.25) is 0 Å². The van der Waals surface area contributed by atoms with E-state index in [1.807, 2.05) is 36.4 Å². The molecule has 0 N–H and O–H groups in total. The van der Waals surface area contributed by atoms with Crippen LogP contribution in [0.3, 0.4) is 0 Å². The molecule has 2 aromatic carbocycles. The van der Waals surface area contributed by atoms with Gasteiger partial charge in [-0.15, -0.1) is 11.3 Å². The fourth-order valence-corrected chi connectivity index (χ4v) is 4.71. The molecular weight excluding hydrogens is 396 g/mol. The van der Waals surface area contributed by atoms with E-state index < -0.39 is 0 Å². The van der Waals surface area contributed by atoms with Crippen molar-refractivity contribution in [3.8, 4) is 5.75 Å². The van der Waals surface area contributed by atoms with Crippen molar-refractivity contribution in [2.24, 2.45) is 4.99 Å². The zero-order valence-corrected chi connectivity index (χ0v) is 18.8. The van der Waals surface area contributed by atoms with Crippen molar-refractivity contribution < 1.29 is 14.3 Å². The first kappa shape index (κ1) is 20.8. The topological polar surface area (TPSA) is 52.8 Å². The van der Waals surface area contributed by atoms with Gasteiger partial charge in [0, 0.05) is 17.7 Å². The van der Waals surface area contributed by atoms with Gasteiger partial charge in [0.05, 0.1) is 25.3 Å². The normalized spacial score (nSPS) is 17.6. The largest absolute Gasteiger partial charge is 0.496 e. The summed E-state index contributed by atoms with van der Waals surface area (Å²) in [6, 6.07) is 11.7. The van der Waals surface area contributed by atoms with Crippen LogP contribution in [-0.2, 0) is 16.7 Å². The third-order valence-corrected chi connectivity index (χ3v) is 6.83. The van der Waals surface area contributed by atoms with Crippen molar-refractivity contribution in [2.45, 2.75) is 51.7 Å². The van der Waals surface area contributed by atoms with E-state index in [1.54, 1.807) is 18.4 Å². The number of nitrogens with zero attached hydrogens (tertiary/aromatic N) is 2. The number of benzene rings is 2. The molecule has 1 aliphatic heterocycles. The molecule has 1 fully saturated rings. The SMILES string of the molecule is COc1cc2ccccc2cc1C(=O)/N=c1\sc(C(C)(C)C)cn1C[C@H]1CCCO1. The van der Waals surface area contributed by atoms with Gasteiger partial charge in [0.1, 0.15) is 5.75 Å². The maximum atomic E-state index is 13.2.